The summed E-state index contributed by atoms with van der Waals surface area (Å²) in [6.45, 7) is 0. The number of nitriles is 1. The number of rotatable bonds is 3. The van der Waals surface area contributed by atoms with Crippen molar-refractivity contribution in [1.29, 1.82) is 5.26 Å². The van der Waals surface area contributed by atoms with Crippen LogP contribution >= 0.6 is 0 Å². The topological polar surface area (TPSA) is 82.9 Å². The number of sulfonamides is 1. The van der Waals surface area contributed by atoms with Crippen molar-refractivity contribution >= 4 is 15.7 Å². The van der Waals surface area contributed by atoms with Crippen LogP contribution in [-0.4, -0.2) is 13.4 Å². The molecule has 1 heterocycles. The number of hydrogen-bond donors (Lipinski definition) is 1. The Morgan fingerprint density at radius 1 is 1.11 bits per heavy atom. The van der Waals surface area contributed by atoms with Gasteiger partial charge in [0, 0.05) is 0 Å². The van der Waals surface area contributed by atoms with Crippen molar-refractivity contribution in [2.75, 3.05) is 4.72 Å². The Hall–Kier alpha value is -2.39. The zero-order valence-corrected chi connectivity index (χ0v) is 10.1. The van der Waals surface area contributed by atoms with Crippen molar-refractivity contribution in [1.82, 2.24) is 4.98 Å². The van der Waals surface area contributed by atoms with Crippen LogP contribution in [0, 0.1) is 11.3 Å². The summed E-state index contributed by atoms with van der Waals surface area (Å²) < 4.78 is 26.3. The van der Waals surface area contributed by atoms with Crippen molar-refractivity contribution in [2.45, 2.75) is 4.90 Å². The molecule has 0 saturated heterocycles. The van der Waals surface area contributed by atoms with Gasteiger partial charge in [0.15, 0.2) is 0 Å². The Balaban J connectivity index is 2.26. The number of aromatic nitrogens is 1. The Morgan fingerprint density at radius 3 is 2.39 bits per heavy atom. The summed E-state index contributed by atoms with van der Waals surface area (Å²) in [6.07, 6.45) is 1.30. The first-order valence-corrected chi connectivity index (χ1v) is 6.54. The molecule has 0 aliphatic heterocycles. The van der Waals surface area contributed by atoms with Gasteiger partial charge in [-0.3, -0.25) is 4.72 Å². The molecule has 1 aromatic heterocycles. The second-order valence-electron chi connectivity index (χ2n) is 3.46. The third kappa shape index (κ3) is 2.64. The second-order valence-corrected chi connectivity index (χ2v) is 5.14. The van der Waals surface area contributed by atoms with E-state index in [1.165, 1.54) is 30.5 Å². The van der Waals surface area contributed by atoms with E-state index in [0.717, 1.165) is 0 Å². The van der Waals surface area contributed by atoms with E-state index in [-0.39, 0.29) is 10.6 Å². The first-order chi connectivity index (χ1) is 8.62. The van der Waals surface area contributed by atoms with Crippen molar-refractivity contribution in [2.24, 2.45) is 0 Å². The minimum absolute atomic E-state index is 0.175. The number of nitrogens with one attached hydrogen (secondary N) is 1. The fraction of sp³-hybridized carbons (Fsp3) is 0. The average Bonchev–Trinajstić information content (AvgIpc) is 2.40. The molecule has 0 saturated carbocycles. The molecule has 0 amide bonds. The lowest BCUT2D eigenvalue weighted by Crippen LogP contribution is -2.12. The summed E-state index contributed by atoms with van der Waals surface area (Å²) in [5.41, 5.74) is 0.551. The molecule has 5 nitrogen and oxygen atoms in total. The standard InChI is InChI=1S/C12H9N3O2S/c13-8-10-6-7-11(9-14-10)15-18(16,17)12-4-2-1-3-5-12/h1-7,9,15H. The first-order valence-electron chi connectivity index (χ1n) is 5.06. The molecule has 0 spiro atoms. The van der Waals surface area contributed by atoms with E-state index < -0.39 is 10.0 Å². The van der Waals surface area contributed by atoms with Crippen molar-refractivity contribution < 1.29 is 8.42 Å². The fourth-order valence-electron chi connectivity index (χ4n) is 1.33. The van der Waals surface area contributed by atoms with E-state index in [2.05, 4.69) is 9.71 Å². The fourth-order valence-corrected chi connectivity index (χ4v) is 2.40. The first kappa shape index (κ1) is 12.1. The Morgan fingerprint density at radius 2 is 1.83 bits per heavy atom. The second kappa shape index (κ2) is 4.85. The molecule has 0 atom stereocenters. The van der Waals surface area contributed by atoms with Crippen LogP contribution in [0.1, 0.15) is 5.69 Å². The maximum absolute atomic E-state index is 12.0. The highest BCUT2D eigenvalue weighted by Crippen LogP contribution is 2.14. The zero-order chi connectivity index (χ0) is 13.0. The lowest BCUT2D eigenvalue weighted by atomic mass is 10.3. The van der Waals surface area contributed by atoms with Crippen molar-refractivity contribution in [3.63, 3.8) is 0 Å². The van der Waals surface area contributed by atoms with Gasteiger partial charge in [0.1, 0.15) is 11.8 Å². The summed E-state index contributed by atoms with van der Waals surface area (Å²) in [5.74, 6) is 0. The monoisotopic (exact) mass is 259 g/mol. The smallest absolute Gasteiger partial charge is 0.261 e. The average molecular weight is 259 g/mol. The van der Waals surface area contributed by atoms with Crippen LogP contribution in [-0.2, 0) is 10.0 Å². The maximum Gasteiger partial charge on any atom is 0.261 e. The molecule has 0 aliphatic rings. The van der Waals surface area contributed by atoms with E-state index in [4.69, 9.17) is 5.26 Å². The van der Waals surface area contributed by atoms with Gasteiger partial charge in [0.2, 0.25) is 0 Å². The van der Waals surface area contributed by atoms with Crippen LogP contribution in [0.5, 0.6) is 0 Å². The molecule has 0 fully saturated rings. The van der Waals surface area contributed by atoms with Crippen LogP contribution < -0.4 is 4.72 Å². The lowest BCUT2D eigenvalue weighted by Gasteiger charge is -2.07. The number of nitrogens with zero attached hydrogens (tertiary/aromatic N) is 2. The van der Waals surface area contributed by atoms with Gasteiger partial charge in [-0.15, -0.1) is 0 Å². The SMILES string of the molecule is N#Cc1ccc(NS(=O)(=O)c2ccccc2)cn1. The lowest BCUT2D eigenvalue weighted by molar-refractivity contribution is 0.601. The molecular weight excluding hydrogens is 250 g/mol. The van der Waals surface area contributed by atoms with Gasteiger partial charge in [-0.2, -0.15) is 5.26 Å². The normalized spacial score (nSPS) is 10.6. The van der Waals surface area contributed by atoms with Gasteiger partial charge in [-0.25, -0.2) is 13.4 Å². The molecule has 6 heteroatoms. The summed E-state index contributed by atoms with van der Waals surface area (Å²) in [5, 5.41) is 8.59. The van der Waals surface area contributed by atoms with Crippen LogP contribution in [0.3, 0.4) is 0 Å². The molecule has 0 radical (unpaired) electrons. The van der Waals surface area contributed by atoms with E-state index >= 15 is 0 Å². The van der Waals surface area contributed by atoms with Gasteiger partial charge < -0.3 is 0 Å². The third-order valence-corrected chi connectivity index (χ3v) is 3.58. The van der Waals surface area contributed by atoms with E-state index in [1.54, 1.807) is 18.2 Å². The maximum atomic E-state index is 12.0. The van der Waals surface area contributed by atoms with Gasteiger partial charge in [0.05, 0.1) is 16.8 Å². The zero-order valence-electron chi connectivity index (χ0n) is 9.24. The minimum Gasteiger partial charge on any atom is -0.278 e. The van der Waals surface area contributed by atoms with Gasteiger partial charge >= 0.3 is 0 Å². The summed E-state index contributed by atoms with van der Waals surface area (Å²) >= 11 is 0. The molecule has 90 valence electrons. The highest BCUT2D eigenvalue weighted by Gasteiger charge is 2.13. The van der Waals surface area contributed by atoms with Crippen LogP contribution in [0.2, 0.25) is 0 Å². The minimum atomic E-state index is -3.61. The molecule has 0 unspecified atom stereocenters. The predicted octanol–water partition coefficient (Wildman–Crippen LogP) is 1.75. The van der Waals surface area contributed by atoms with E-state index in [0.29, 0.717) is 5.69 Å². The molecular formula is C12H9N3O2S. The van der Waals surface area contributed by atoms with Gasteiger partial charge in [-0.1, -0.05) is 18.2 Å². The third-order valence-electron chi connectivity index (χ3n) is 2.18. The summed E-state index contributed by atoms with van der Waals surface area (Å²) in [6, 6.07) is 12.8. The van der Waals surface area contributed by atoms with Crippen molar-refractivity contribution in [3.8, 4) is 6.07 Å². The molecule has 0 aliphatic carbocycles. The Kier molecular flexibility index (Phi) is 3.26. The molecule has 2 aromatic rings. The highest BCUT2D eigenvalue weighted by molar-refractivity contribution is 7.92. The van der Waals surface area contributed by atoms with Crippen molar-refractivity contribution in [3.05, 3.63) is 54.4 Å². The molecule has 1 N–H and O–H groups in total. The van der Waals surface area contributed by atoms with E-state index in [9.17, 15) is 8.42 Å². The molecule has 0 bridgehead atoms. The number of anilines is 1. The quantitative estimate of drug-likeness (QED) is 0.910. The van der Waals surface area contributed by atoms with E-state index in [1.807, 2.05) is 6.07 Å². The Bertz CT molecular complexity index is 674. The Labute approximate surface area is 105 Å². The number of benzene rings is 1. The molecule has 1 aromatic carbocycles. The summed E-state index contributed by atoms with van der Waals surface area (Å²) in [7, 11) is -3.61. The number of pyridine rings is 1. The van der Waals surface area contributed by atoms with Crippen LogP contribution in [0.4, 0.5) is 5.69 Å². The highest BCUT2D eigenvalue weighted by atomic mass is 32.2. The number of hydrogen-bond acceptors (Lipinski definition) is 4. The molecule has 2 rings (SSSR count). The summed E-state index contributed by atoms with van der Waals surface area (Å²) in [4.78, 5) is 3.96. The van der Waals surface area contributed by atoms with Gasteiger partial charge in [-0.05, 0) is 24.3 Å². The van der Waals surface area contributed by atoms with Gasteiger partial charge in [0.25, 0.3) is 10.0 Å². The van der Waals surface area contributed by atoms with Crippen LogP contribution in [0.25, 0.3) is 0 Å². The predicted molar refractivity (Wildman–Crippen MR) is 66.2 cm³/mol. The van der Waals surface area contributed by atoms with Crippen LogP contribution in [0.15, 0.2) is 53.6 Å². The molecule has 18 heavy (non-hydrogen) atoms. The largest absolute Gasteiger partial charge is 0.278 e.